The first-order valence-corrected chi connectivity index (χ1v) is 9.80. The molecule has 0 N–H and O–H groups in total. The fourth-order valence-electron chi connectivity index (χ4n) is 3.43. The normalized spacial score (nSPS) is 12.8. The van der Waals surface area contributed by atoms with E-state index in [1.54, 1.807) is 0 Å². The molecule has 0 bridgehead atoms. The van der Waals surface area contributed by atoms with Gasteiger partial charge in [0.15, 0.2) is 0 Å². The van der Waals surface area contributed by atoms with Crippen LogP contribution in [0.3, 0.4) is 0 Å². The van der Waals surface area contributed by atoms with Crippen molar-refractivity contribution in [3.63, 3.8) is 0 Å². The molecule has 1 aromatic rings. The van der Waals surface area contributed by atoms with Crippen molar-refractivity contribution in [3.8, 4) is 0 Å². The Kier molecular flexibility index (Phi) is 8.77. The highest BCUT2D eigenvalue weighted by Crippen LogP contribution is 2.36. The molecule has 24 heavy (non-hydrogen) atoms. The van der Waals surface area contributed by atoms with Crippen LogP contribution in [-0.2, 0) is 10.8 Å². The third kappa shape index (κ3) is 9.50. The molecule has 1 rings (SSSR count). The van der Waals surface area contributed by atoms with Gasteiger partial charge in [-0.3, -0.25) is 0 Å². The molecule has 0 saturated carbocycles. The van der Waals surface area contributed by atoms with Gasteiger partial charge in [-0.1, -0.05) is 113 Å². The standard InChI is InChI=1S/C18H30.C6H14/c1-16(2,3)13-18(7,8)15-11-9-14(10-12-15)17(4,5)6;1-4-5-6(2)3/h9-12H,13H2,1-8H3;6H,4-5H2,1-3H3. The van der Waals surface area contributed by atoms with Gasteiger partial charge in [-0.25, -0.2) is 0 Å². The van der Waals surface area contributed by atoms with E-state index in [-0.39, 0.29) is 10.8 Å². The van der Waals surface area contributed by atoms with Gasteiger partial charge < -0.3 is 0 Å². The van der Waals surface area contributed by atoms with E-state index in [0.717, 1.165) is 5.92 Å². The van der Waals surface area contributed by atoms with Crippen molar-refractivity contribution < 1.29 is 0 Å². The van der Waals surface area contributed by atoms with Gasteiger partial charge in [0.05, 0.1) is 0 Å². The topological polar surface area (TPSA) is 0 Å². The summed E-state index contributed by atoms with van der Waals surface area (Å²) in [5.74, 6) is 0.898. The second-order valence-corrected chi connectivity index (χ2v) is 10.6. The van der Waals surface area contributed by atoms with Crippen LogP contribution in [0.4, 0.5) is 0 Å². The van der Waals surface area contributed by atoms with Crippen LogP contribution in [0, 0.1) is 11.3 Å². The minimum absolute atomic E-state index is 0.243. The van der Waals surface area contributed by atoms with Crippen LogP contribution in [0.25, 0.3) is 0 Å². The predicted molar refractivity (Wildman–Crippen MR) is 112 cm³/mol. The Bertz CT molecular complexity index is 446. The molecule has 0 fully saturated rings. The third-order valence-corrected chi connectivity index (χ3v) is 4.37. The Balaban J connectivity index is 0.000000754. The first kappa shape index (κ1) is 23.2. The summed E-state index contributed by atoms with van der Waals surface area (Å²) in [4.78, 5) is 0. The second-order valence-electron chi connectivity index (χ2n) is 10.6. The highest BCUT2D eigenvalue weighted by Gasteiger charge is 2.27. The van der Waals surface area contributed by atoms with Gasteiger partial charge >= 0.3 is 0 Å². The molecule has 0 spiro atoms. The first-order chi connectivity index (χ1) is 10.7. The summed E-state index contributed by atoms with van der Waals surface area (Å²) < 4.78 is 0. The van der Waals surface area contributed by atoms with Crippen molar-refractivity contribution in [1.82, 2.24) is 0 Å². The fourth-order valence-corrected chi connectivity index (χ4v) is 3.43. The molecule has 0 heteroatoms. The molecule has 0 radical (unpaired) electrons. The third-order valence-electron chi connectivity index (χ3n) is 4.37. The first-order valence-electron chi connectivity index (χ1n) is 9.80. The summed E-state index contributed by atoms with van der Waals surface area (Å²) in [5.41, 5.74) is 3.72. The molecular weight excluding hydrogens is 288 g/mol. The van der Waals surface area contributed by atoms with E-state index in [9.17, 15) is 0 Å². The van der Waals surface area contributed by atoms with Crippen LogP contribution >= 0.6 is 0 Å². The molecule has 0 saturated heterocycles. The largest absolute Gasteiger partial charge is 0.0654 e. The van der Waals surface area contributed by atoms with Gasteiger partial charge in [-0.15, -0.1) is 0 Å². The zero-order valence-electron chi connectivity index (χ0n) is 18.5. The lowest BCUT2D eigenvalue weighted by Gasteiger charge is -2.33. The summed E-state index contributed by atoms with van der Waals surface area (Å²) in [6.07, 6.45) is 3.91. The molecule has 0 aliphatic rings. The van der Waals surface area contributed by atoms with Crippen LogP contribution in [0.5, 0.6) is 0 Å². The van der Waals surface area contributed by atoms with Crippen molar-refractivity contribution >= 4 is 0 Å². The van der Waals surface area contributed by atoms with Crippen molar-refractivity contribution in [2.75, 3.05) is 0 Å². The summed E-state index contributed by atoms with van der Waals surface area (Å²) in [5, 5.41) is 0. The monoisotopic (exact) mass is 332 g/mol. The Labute approximate surface area is 153 Å². The van der Waals surface area contributed by atoms with E-state index in [1.807, 2.05) is 0 Å². The van der Waals surface area contributed by atoms with Crippen molar-refractivity contribution in [2.45, 2.75) is 106 Å². The molecule has 0 amide bonds. The maximum atomic E-state index is 2.35. The zero-order chi connectivity index (χ0) is 19.2. The van der Waals surface area contributed by atoms with E-state index < -0.39 is 0 Å². The molecule has 0 atom stereocenters. The predicted octanol–water partition coefficient (Wildman–Crippen LogP) is 8.14. The minimum atomic E-state index is 0.243. The number of hydrogen-bond donors (Lipinski definition) is 0. The summed E-state index contributed by atoms with van der Waals surface area (Å²) in [6.45, 7) is 25.2. The SMILES string of the molecule is CC(C)(C)CC(C)(C)c1ccc(C(C)(C)C)cc1.CCCC(C)C. The van der Waals surface area contributed by atoms with Crippen LogP contribution in [-0.4, -0.2) is 0 Å². The lowest BCUT2D eigenvalue weighted by Crippen LogP contribution is -2.25. The second kappa shape index (κ2) is 9.07. The molecule has 0 nitrogen and oxygen atoms in total. The van der Waals surface area contributed by atoms with E-state index in [0.29, 0.717) is 5.41 Å². The molecule has 0 aromatic heterocycles. The summed E-state index contributed by atoms with van der Waals surface area (Å²) in [6, 6.07) is 9.21. The Morgan fingerprint density at radius 3 is 1.42 bits per heavy atom. The number of rotatable bonds is 4. The maximum Gasteiger partial charge on any atom is -0.00986 e. The quantitative estimate of drug-likeness (QED) is 0.522. The molecule has 1 aromatic carbocycles. The van der Waals surface area contributed by atoms with Crippen molar-refractivity contribution in [2.24, 2.45) is 11.3 Å². The van der Waals surface area contributed by atoms with Crippen LogP contribution in [0.1, 0.15) is 107 Å². The average Bonchev–Trinajstić information content (AvgIpc) is 2.35. The van der Waals surface area contributed by atoms with Crippen LogP contribution < -0.4 is 0 Å². The van der Waals surface area contributed by atoms with Gasteiger partial charge in [0.1, 0.15) is 0 Å². The minimum Gasteiger partial charge on any atom is -0.0654 e. The van der Waals surface area contributed by atoms with E-state index >= 15 is 0 Å². The molecular formula is C24H44. The van der Waals surface area contributed by atoms with Crippen LogP contribution in [0.2, 0.25) is 0 Å². The lowest BCUT2D eigenvalue weighted by atomic mass is 9.72. The van der Waals surface area contributed by atoms with Crippen molar-refractivity contribution in [1.29, 1.82) is 0 Å². The van der Waals surface area contributed by atoms with Crippen molar-refractivity contribution in [3.05, 3.63) is 35.4 Å². The molecule has 0 unspecified atom stereocenters. The van der Waals surface area contributed by atoms with Gasteiger partial charge in [0, 0.05) is 0 Å². The summed E-state index contributed by atoms with van der Waals surface area (Å²) in [7, 11) is 0. The van der Waals surface area contributed by atoms with E-state index in [1.165, 1.54) is 30.4 Å². The Morgan fingerprint density at radius 2 is 1.17 bits per heavy atom. The number of hydrogen-bond acceptors (Lipinski definition) is 0. The Hall–Kier alpha value is -0.780. The summed E-state index contributed by atoms with van der Waals surface area (Å²) >= 11 is 0. The van der Waals surface area contributed by atoms with Gasteiger partial charge in [0.25, 0.3) is 0 Å². The fraction of sp³-hybridized carbons (Fsp3) is 0.750. The smallest absolute Gasteiger partial charge is 0.00986 e. The molecule has 0 aliphatic heterocycles. The van der Waals surface area contributed by atoms with Gasteiger partial charge in [-0.2, -0.15) is 0 Å². The molecule has 0 aliphatic carbocycles. The number of benzene rings is 1. The zero-order valence-corrected chi connectivity index (χ0v) is 18.5. The van der Waals surface area contributed by atoms with Crippen LogP contribution in [0.15, 0.2) is 24.3 Å². The highest BCUT2D eigenvalue weighted by molar-refractivity contribution is 5.31. The maximum absolute atomic E-state index is 2.35. The van der Waals surface area contributed by atoms with E-state index in [4.69, 9.17) is 0 Å². The average molecular weight is 333 g/mol. The molecule has 140 valence electrons. The van der Waals surface area contributed by atoms with Gasteiger partial charge in [0.2, 0.25) is 0 Å². The highest BCUT2D eigenvalue weighted by atomic mass is 14.3. The van der Waals surface area contributed by atoms with E-state index in [2.05, 4.69) is 100 Å². The lowest BCUT2D eigenvalue weighted by molar-refractivity contribution is 0.284. The van der Waals surface area contributed by atoms with Gasteiger partial charge in [-0.05, 0) is 39.7 Å². The Morgan fingerprint density at radius 1 is 0.750 bits per heavy atom. The molecule has 0 heterocycles.